The summed E-state index contributed by atoms with van der Waals surface area (Å²) in [6.07, 6.45) is 2.29. The Morgan fingerprint density at radius 3 is 2.64 bits per heavy atom. The van der Waals surface area contributed by atoms with Crippen LogP contribution in [0.15, 0.2) is 24.3 Å². The molecule has 0 atom stereocenters. The van der Waals surface area contributed by atoms with Gasteiger partial charge in [0.25, 0.3) is 0 Å². The standard InChI is InChI=1S/C12H19NO/c1-10(2)6-5-9-14-12-8-4-3-7-11(12)13/h3-4,7-8,10H,5-6,9,13H2,1-2H3. The van der Waals surface area contributed by atoms with Gasteiger partial charge in [-0.2, -0.15) is 0 Å². The minimum atomic E-state index is 0.719. The van der Waals surface area contributed by atoms with Crippen LogP contribution in [0.25, 0.3) is 0 Å². The van der Waals surface area contributed by atoms with Gasteiger partial charge in [-0.25, -0.2) is 0 Å². The van der Waals surface area contributed by atoms with Gasteiger partial charge in [-0.15, -0.1) is 0 Å². The lowest BCUT2D eigenvalue weighted by Gasteiger charge is -2.09. The lowest BCUT2D eigenvalue weighted by atomic mass is 10.1. The first kappa shape index (κ1) is 10.9. The van der Waals surface area contributed by atoms with Crippen molar-refractivity contribution in [3.63, 3.8) is 0 Å². The molecule has 0 bridgehead atoms. The zero-order valence-electron chi connectivity index (χ0n) is 8.99. The molecule has 2 heteroatoms. The predicted octanol–water partition coefficient (Wildman–Crippen LogP) is 3.08. The molecular formula is C12H19NO. The molecule has 0 amide bonds. The maximum Gasteiger partial charge on any atom is 0.142 e. The zero-order valence-corrected chi connectivity index (χ0v) is 8.99. The zero-order chi connectivity index (χ0) is 10.4. The highest BCUT2D eigenvalue weighted by Crippen LogP contribution is 2.20. The first-order valence-electron chi connectivity index (χ1n) is 5.17. The van der Waals surface area contributed by atoms with Crippen molar-refractivity contribution in [3.05, 3.63) is 24.3 Å². The van der Waals surface area contributed by atoms with Crippen molar-refractivity contribution in [2.75, 3.05) is 12.3 Å². The summed E-state index contributed by atoms with van der Waals surface area (Å²) < 4.78 is 5.56. The van der Waals surface area contributed by atoms with Crippen LogP contribution < -0.4 is 10.5 Å². The van der Waals surface area contributed by atoms with Gasteiger partial charge < -0.3 is 10.5 Å². The van der Waals surface area contributed by atoms with E-state index in [1.807, 2.05) is 24.3 Å². The first-order chi connectivity index (χ1) is 6.70. The fourth-order valence-electron chi connectivity index (χ4n) is 1.29. The molecule has 0 aromatic heterocycles. The van der Waals surface area contributed by atoms with Crippen molar-refractivity contribution in [1.29, 1.82) is 0 Å². The van der Waals surface area contributed by atoms with Crippen LogP contribution in [0, 0.1) is 5.92 Å². The van der Waals surface area contributed by atoms with Crippen LogP contribution in [-0.2, 0) is 0 Å². The number of hydrogen-bond acceptors (Lipinski definition) is 2. The van der Waals surface area contributed by atoms with Crippen molar-refractivity contribution in [2.45, 2.75) is 26.7 Å². The number of hydrogen-bond donors (Lipinski definition) is 1. The third kappa shape index (κ3) is 3.69. The van der Waals surface area contributed by atoms with Crippen molar-refractivity contribution in [3.8, 4) is 5.75 Å². The maximum atomic E-state index is 5.74. The summed E-state index contributed by atoms with van der Waals surface area (Å²) in [4.78, 5) is 0. The Hall–Kier alpha value is -1.18. The summed E-state index contributed by atoms with van der Waals surface area (Å²) in [5.41, 5.74) is 6.46. The molecule has 0 radical (unpaired) electrons. The van der Waals surface area contributed by atoms with Gasteiger partial charge in [0.2, 0.25) is 0 Å². The third-order valence-corrected chi connectivity index (χ3v) is 2.10. The summed E-state index contributed by atoms with van der Waals surface area (Å²) in [5, 5.41) is 0. The number of nitrogen functional groups attached to an aromatic ring is 1. The van der Waals surface area contributed by atoms with Crippen LogP contribution in [0.1, 0.15) is 26.7 Å². The highest BCUT2D eigenvalue weighted by atomic mass is 16.5. The SMILES string of the molecule is CC(C)CCCOc1ccccc1N. The van der Waals surface area contributed by atoms with Crippen molar-refractivity contribution >= 4 is 5.69 Å². The quantitative estimate of drug-likeness (QED) is 0.576. The van der Waals surface area contributed by atoms with E-state index in [1.165, 1.54) is 6.42 Å². The number of rotatable bonds is 5. The topological polar surface area (TPSA) is 35.2 Å². The van der Waals surface area contributed by atoms with E-state index in [9.17, 15) is 0 Å². The Labute approximate surface area is 86.1 Å². The number of ether oxygens (including phenoxy) is 1. The summed E-state index contributed by atoms with van der Waals surface area (Å²) in [6.45, 7) is 5.19. The molecule has 78 valence electrons. The van der Waals surface area contributed by atoms with Gasteiger partial charge in [0.15, 0.2) is 0 Å². The van der Waals surface area contributed by atoms with Crippen molar-refractivity contribution in [1.82, 2.24) is 0 Å². The minimum Gasteiger partial charge on any atom is -0.491 e. The van der Waals surface area contributed by atoms with Gasteiger partial charge in [0, 0.05) is 0 Å². The average molecular weight is 193 g/mol. The largest absolute Gasteiger partial charge is 0.491 e. The van der Waals surface area contributed by atoms with Gasteiger partial charge in [0.1, 0.15) is 5.75 Å². The molecule has 0 aliphatic heterocycles. The molecule has 0 spiro atoms. The van der Waals surface area contributed by atoms with Crippen LogP contribution in [-0.4, -0.2) is 6.61 Å². The Kier molecular flexibility index (Phi) is 4.30. The fraction of sp³-hybridized carbons (Fsp3) is 0.500. The lowest BCUT2D eigenvalue weighted by molar-refractivity contribution is 0.299. The summed E-state index contributed by atoms with van der Waals surface area (Å²) >= 11 is 0. The number of benzene rings is 1. The number of nitrogens with two attached hydrogens (primary N) is 1. The first-order valence-corrected chi connectivity index (χ1v) is 5.17. The Bertz CT molecular complexity index is 271. The van der Waals surface area contributed by atoms with E-state index in [2.05, 4.69) is 13.8 Å². The molecule has 0 aliphatic carbocycles. The van der Waals surface area contributed by atoms with Crippen molar-refractivity contribution < 1.29 is 4.74 Å². The van der Waals surface area contributed by atoms with Gasteiger partial charge in [0.05, 0.1) is 12.3 Å². The number of anilines is 1. The summed E-state index contributed by atoms with van der Waals surface area (Å²) in [6, 6.07) is 7.62. The van der Waals surface area contributed by atoms with E-state index in [4.69, 9.17) is 10.5 Å². The molecule has 0 saturated heterocycles. The second kappa shape index (κ2) is 5.53. The Morgan fingerprint density at radius 2 is 2.00 bits per heavy atom. The molecule has 1 aromatic carbocycles. The summed E-state index contributed by atoms with van der Waals surface area (Å²) in [5.74, 6) is 1.54. The second-order valence-corrected chi connectivity index (χ2v) is 3.92. The minimum absolute atomic E-state index is 0.719. The van der Waals surface area contributed by atoms with Crippen LogP contribution in [0.3, 0.4) is 0 Å². The van der Waals surface area contributed by atoms with Crippen LogP contribution in [0.4, 0.5) is 5.69 Å². The lowest BCUT2D eigenvalue weighted by Crippen LogP contribution is -2.01. The van der Waals surface area contributed by atoms with Crippen molar-refractivity contribution in [2.24, 2.45) is 5.92 Å². The van der Waals surface area contributed by atoms with Gasteiger partial charge in [-0.3, -0.25) is 0 Å². The normalized spacial score (nSPS) is 10.5. The molecule has 1 rings (SSSR count). The molecule has 0 unspecified atom stereocenters. The van der Waals surface area contributed by atoms with E-state index in [0.29, 0.717) is 0 Å². The molecule has 0 saturated carbocycles. The van der Waals surface area contributed by atoms with E-state index in [-0.39, 0.29) is 0 Å². The second-order valence-electron chi connectivity index (χ2n) is 3.92. The van der Waals surface area contributed by atoms with Crippen LogP contribution in [0.5, 0.6) is 5.75 Å². The molecule has 0 fully saturated rings. The Morgan fingerprint density at radius 1 is 1.29 bits per heavy atom. The highest BCUT2D eigenvalue weighted by Gasteiger charge is 1.98. The molecule has 2 N–H and O–H groups in total. The van der Waals surface area contributed by atoms with E-state index >= 15 is 0 Å². The van der Waals surface area contributed by atoms with Gasteiger partial charge >= 0.3 is 0 Å². The molecule has 0 aliphatic rings. The van der Waals surface area contributed by atoms with E-state index < -0.39 is 0 Å². The Balaban J connectivity index is 2.28. The van der Waals surface area contributed by atoms with E-state index in [0.717, 1.165) is 30.4 Å². The highest BCUT2D eigenvalue weighted by molar-refractivity contribution is 5.51. The summed E-state index contributed by atoms with van der Waals surface area (Å²) in [7, 11) is 0. The van der Waals surface area contributed by atoms with Gasteiger partial charge in [-0.1, -0.05) is 26.0 Å². The molecule has 14 heavy (non-hydrogen) atoms. The predicted molar refractivity (Wildman–Crippen MR) is 60.4 cm³/mol. The molecule has 1 aromatic rings. The molecule has 2 nitrogen and oxygen atoms in total. The monoisotopic (exact) mass is 193 g/mol. The van der Waals surface area contributed by atoms with Crippen LogP contribution in [0.2, 0.25) is 0 Å². The average Bonchev–Trinajstić information content (AvgIpc) is 2.15. The molecular weight excluding hydrogens is 174 g/mol. The van der Waals surface area contributed by atoms with Crippen LogP contribution >= 0.6 is 0 Å². The fourth-order valence-corrected chi connectivity index (χ4v) is 1.29. The molecule has 0 heterocycles. The maximum absolute atomic E-state index is 5.74. The third-order valence-electron chi connectivity index (χ3n) is 2.10. The van der Waals surface area contributed by atoms with Gasteiger partial charge in [-0.05, 0) is 30.9 Å². The number of para-hydroxylation sites is 2. The van der Waals surface area contributed by atoms with E-state index in [1.54, 1.807) is 0 Å². The smallest absolute Gasteiger partial charge is 0.142 e.